The summed E-state index contributed by atoms with van der Waals surface area (Å²) in [6.07, 6.45) is 3.71. The Balaban J connectivity index is 1.83. The van der Waals surface area contributed by atoms with Gasteiger partial charge in [0.25, 0.3) is 0 Å². The number of nitrogen functional groups attached to an aromatic ring is 1. The molecule has 8 heteroatoms. The topological polar surface area (TPSA) is 88.8 Å². The number of hydrogen-bond acceptors (Lipinski definition) is 8. The Morgan fingerprint density at radius 2 is 1.93 bits per heavy atom. The van der Waals surface area contributed by atoms with Gasteiger partial charge in [0, 0.05) is 19.2 Å². The molecule has 0 unspecified atom stereocenters. The number of piperidine rings is 1. The summed E-state index contributed by atoms with van der Waals surface area (Å²) in [5, 5.41) is 3.26. The zero-order valence-electron chi connectivity index (χ0n) is 16.4. The maximum Gasteiger partial charge on any atom is 0.159 e. The predicted molar refractivity (Wildman–Crippen MR) is 108 cm³/mol. The number of anilines is 4. The van der Waals surface area contributed by atoms with Crippen LogP contribution in [0.3, 0.4) is 0 Å². The third-order valence-electron chi connectivity index (χ3n) is 5.09. The van der Waals surface area contributed by atoms with E-state index >= 15 is 0 Å². The largest absolute Gasteiger partial charge is 0.497 e. The van der Waals surface area contributed by atoms with Crippen LogP contribution in [0.2, 0.25) is 0 Å². The normalized spacial score (nSPS) is 15.4. The maximum atomic E-state index is 6.41. The van der Waals surface area contributed by atoms with Crippen molar-refractivity contribution < 1.29 is 9.47 Å². The molecule has 0 radical (unpaired) electrons. The van der Waals surface area contributed by atoms with Crippen molar-refractivity contribution >= 4 is 23.0 Å². The molecule has 0 bridgehead atoms. The quantitative estimate of drug-likeness (QED) is 0.799. The molecule has 0 amide bonds. The smallest absolute Gasteiger partial charge is 0.159 e. The van der Waals surface area contributed by atoms with Gasteiger partial charge >= 0.3 is 0 Å². The average molecular weight is 372 g/mol. The van der Waals surface area contributed by atoms with E-state index in [0.717, 1.165) is 43.2 Å². The summed E-state index contributed by atoms with van der Waals surface area (Å²) >= 11 is 0. The summed E-state index contributed by atoms with van der Waals surface area (Å²) in [7, 11) is 7.43. The molecule has 2 heterocycles. The van der Waals surface area contributed by atoms with Crippen molar-refractivity contribution in [2.45, 2.75) is 18.9 Å². The number of nitrogens with two attached hydrogens (primary N) is 1. The monoisotopic (exact) mass is 372 g/mol. The first-order valence-electron chi connectivity index (χ1n) is 9.04. The van der Waals surface area contributed by atoms with Crippen LogP contribution in [0.4, 0.5) is 23.0 Å². The fraction of sp³-hybridized carbons (Fsp3) is 0.474. The van der Waals surface area contributed by atoms with Gasteiger partial charge in [-0.05, 0) is 45.1 Å². The van der Waals surface area contributed by atoms with E-state index in [4.69, 9.17) is 15.2 Å². The molecule has 1 aliphatic heterocycles. The van der Waals surface area contributed by atoms with Crippen molar-refractivity contribution in [1.82, 2.24) is 14.9 Å². The first-order valence-corrected chi connectivity index (χ1v) is 9.04. The van der Waals surface area contributed by atoms with Crippen LogP contribution in [0, 0.1) is 0 Å². The van der Waals surface area contributed by atoms with E-state index in [1.54, 1.807) is 14.2 Å². The minimum atomic E-state index is 0.418. The Kier molecular flexibility index (Phi) is 5.85. The lowest BCUT2D eigenvalue weighted by Crippen LogP contribution is -2.42. The Bertz CT molecular complexity index is 777. The molecular formula is C19H28N6O2. The lowest BCUT2D eigenvalue weighted by Gasteiger charge is -2.36. The number of aromatic nitrogens is 2. The highest BCUT2D eigenvalue weighted by Gasteiger charge is 2.24. The van der Waals surface area contributed by atoms with Gasteiger partial charge in [0.15, 0.2) is 11.6 Å². The third kappa shape index (κ3) is 4.16. The highest BCUT2D eigenvalue weighted by Crippen LogP contribution is 2.35. The minimum absolute atomic E-state index is 0.418. The van der Waals surface area contributed by atoms with E-state index in [-0.39, 0.29) is 0 Å². The highest BCUT2D eigenvalue weighted by atomic mass is 16.5. The molecule has 1 aromatic carbocycles. The summed E-state index contributed by atoms with van der Waals surface area (Å²) in [5.74, 6) is 2.67. The SMILES string of the molecule is COc1ccc(Nc2ncnc(N(C)C3CCN(C)CC3)c2N)c(OC)c1. The molecule has 27 heavy (non-hydrogen) atoms. The maximum absolute atomic E-state index is 6.41. The molecule has 1 saturated heterocycles. The first kappa shape index (κ1) is 19.0. The van der Waals surface area contributed by atoms with E-state index in [2.05, 4.69) is 32.1 Å². The minimum Gasteiger partial charge on any atom is -0.497 e. The number of benzene rings is 1. The van der Waals surface area contributed by atoms with Crippen LogP contribution in [0.5, 0.6) is 11.5 Å². The van der Waals surface area contributed by atoms with Crippen molar-refractivity contribution in [3.63, 3.8) is 0 Å². The molecule has 146 valence electrons. The summed E-state index contributed by atoms with van der Waals surface area (Å²) < 4.78 is 10.7. The van der Waals surface area contributed by atoms with Crippen LogP contribution >= 0.6 is 0 Å². The summed E-state index contributed by atoms with van der Waals surface area (Å²) in [5.41, 5.74) is 7.69. The van der Waals surface area contributed by atoms with Crippen LogP contribution in [-0.2, 0) is 0 Å². The van der Waals surface area contributed by atoms with Crippen molar-refractivity contribution in [2.75, 3.05) is 57.4 Å². The Morgan fingerprint density at radius 1 is 1.19 bits per heavy atom. The zero-order valence-corrected chi connectivity index (χ0v) is 16.4. The second-order valence-electron chi connectivity index (χ2n) is 6.80. The number of rotatable bonds is 6. The lowest BCUT2D eigenvalue weighted by atomic mass is 10.0. The number of ether oxygens (including phenoxy) is 2. The molecule has 1 aromatic heterocycles. The van der Waals surface area contributed by atoms with Gasteiger partial charge in [0.2, 0.25) is 0 Å². The van der Waals surface area contributed by atoms with E-state index in [9.17, 15) is 0 Å². The van der Waals surface area contributed by atoms with E-state index in [1.807, 2.05) is 25.2 Å². The molecule has 0 spiro atoms. The molecule has 8 nitrogen and oxygen atoms in total. The molecule has 1 aliphatic rings. The average Bonchev–Trinajstić information content (AvgIpc) is 2.70. The number of hydrogen-bond donors (Lipinski definition) is 2. The predicted octanol–water partition coefficient (Wildman–Crippen LogP) is 2.35. The van der Waals surface area contributed by atoms with Gasteiger partial charge in [-0.15, -0.1) is 0 Å². The van der Waals surface area contributed by atoms with Gasteiger partial charge in [-0.3, -0.25) is 0 Å². The van der Waals surface area contributed by atoms with Crippen LogP contribution < -0.4 is 25.4 Å². The summed E-state index contributed by atoms with van der Waals surface area (Å²) in [6, 6.07) is 5.96. The van der Waals surface area contributed by atoms with Crippen molar-refractivity contribution in [3.05, 3.63) is 24.5 Å². The first-order chi connectivity index (χ1) is 13.0. The standard InChI is InChI=1S/C19H28N6O2/c1-24-9-7-13(8-10-24)25(2)19-17(20)18(21-12-22-19)23-15-6-5-14(26-3)11-16(15)27-4/h5-6,11-13H,7-10,20H2,1-4H3,(H,21,22,23). The zero-order chi connectivity index (χ0) is 19.4. The molecule has 0 atom stereocenters. The molecule has 0 aliphatic carbocycles. The fourth-order valence-electron chi connectivity index (χ4n) is 3.35. The molecule has 2 aromatic rings. The Hall–Kier alpha value is -2.74. The van der Waals surface area contributed by atoms with Gasteiger partial charge < -0.3 is 30.3 Å². The van der Waals surface area contributed by atoms with E-state index in [0.29, 0.717) is 23.3 Å². The third-order valence-corrected chi connectivity index (χ3v) is 5.09. The Labute approximate surface area is 160 Å². The van der Waals surface area contributed by atoms with Gasteiger partial charge in [-0.2, -0.15) is 0 Å². The van der Waals surface area contributed by atoms with Crippen molar-refractivity contribution in [1.29, 1.82) is 0 Å². The van der Waals surface area contributed by atoms with Crippen LogP contribution in [0.1, 0.15) is 12.8 Å². The summed E-state index contributed by atoms with van der Waals surface area (Å²) in [4.78, 5) is 13.3. The fourth-order valence-corrected chi connectivity index (χ4v) is 3.35. The van der Waals surface area contributed by atoms with Gasteiger partial charge in [0.05, 0.1) is 19.9 Å². The number of nitrogens with one attached hydrogen (secondary N) is 1. The van der Waals surface area contributed by atoms with Crippen molar-refractivity contribution in [2.24, 2.45) is 0 Å². The molecule has 0 saturated carbocycles. The molecule has 3 rings (SSSR count). The second-order valence-corrected chi connectivity index (χ2v) is 6.80. The van der Waals surface area contributed by atoms with E-state index in [1.165, 1.54) is 6.33 Å². The highest BCUT2D eigenvalue weighted by molar-refractivity contribution is 5.80. The Morgan fingerprint density at radius 3 is 2.59 bits per heavy atom. The second kappa shape index (κ2) is 8.30. The number of methoxy groups -OCH3 is 2. The van der Waals surface area contributed by atoms with Gasteiger partial charge in [-0.1, -0.05) is 0 Å². The van der Waals surface area contributed by atoms with Crippen molar-refractivity contribution in [3.8, 4) is 11.5 Å². The molecular weight excluding hydrogens is 344 g/mol. The molecule has 3 N–H and O–H groups in total. The van der Waals surface area contributed by atoms with Crippen LogP contribution in [0.25, 0.3) is 0 Å². The number of nitrogens with zero attached hydrogens (tertiary/aromatic N) is 4. The van der Waals surface area contributed by atoms with Crippen LogP contribution in [-0.4, -0.2) is 62.3 Å². The lowest BCUT2D eigenvalue weighted by molar-refractivity contribution is 0.252. The molecule has 1 fully saturated rings. The van der Waals surface area contributed by atoms with Gasteiger partial charge in [0.1, 0.15) is 23.5 Å². The van der Waals surface area contributed by atoms with Crippen LogP contribution in [0.15, 0.2) is 24.5 Å². The van der Waals surface area contributed by atoms with E-state index < -0.39 is 0 Å². The summed E-state index contributed by atoms with van der Waals surface area (Å²) in [6.45, 7) is 2.16. The van der Waals surface area contributed by atoms with Gasteiger partial charge in [-0.25, -0.2) is 9.97 Å². The number of likely N-dealkylation sites (tertiary alicyclic amines) is 1.